The highest BCUT2D eigenvalue weighted by Crippen LogP contribution is 2.02. The second kappa shape index (κ2) is 2.89. The van der Waals surface area contributed by atoms with Crippen LogP contribution in [0.3, 0.4) is 0 Å². The summed E-state index contributed by atoms with van der Waals surface area (Å²) in [5.41, 5.74) is 0.654. The first-order valence-corrected chi connectivity index (χ1v) is 2.95. The van der Waals surface area contributed by atoms with Crippen molar-refractivity contribution in [3.05, 3.63) is 35.4 Å². The number of hydrogen-bond donors (Lipinski definition) is 1. The molecule has 0 aliphatic rings. The Balaban J connectivity index is 3.13. The summed E-state index contributed by atoms with van der Waals surface area (Å²) in [5.74, 6) is 1.33. The zero-order valence-electron chi connectivity index (χ0n) is 5.66. The minimum Gasteiger partial charge on any atom is -0.478 e. The molecule has 0 heterocycles. The van der Waals surface area contributed by atoms with Crippen LogP contribution in [0.15, 0.2) is 18.2 Å². The van der Waals surface area contributed by atoms with Crippen molar-refractivity contribution >= 4 is 5.97 Å². The van der Waals surface area contributed by atoms with E-state index >= 15 is 0 Å². The third kappa shape index (κ3) is 1.59. The zero-order chi connectivity index (χ0) is 8.27. The molecule has 0 saturated heterocycles. The maximum absolute atomic E-state index is 10.4. The average Bonchev–Trinajstić information content (AvgIpc) is 2.05. The van der Waals surface area contributed by atoms with E-state index in [1.54, 1.807) is 6.07 Å². The van der Waals surface area contributed by atoms with Gasteiger partial charge >= 0.3 is 5.97 Å². The van der Waals surface area contributed by atoms with Gasteiger partial charge < -0.3 is 5.11 Å². The van der Waals surface area contributed by atoms with Crippen LogP contribution < -0.4 is 0 Å². The number of carboxylic acids is 1. The molecule has 0 unspecified atom stereocenters. The number of hydrogen-bond acceptors (Lipinski definition) is 1. The van der Waals surface area contributed by atoms with E-state index in [0.717, 1.165) is 0 Å². The largest absolute Gasteiger partial charge is 0.478 e. The fourth-order valence-electron chi connectivity index (χ4n) is 0.680. The molecule has 0 aliphatic heterocycles. The molecule has 0 amide bonds. The number of benzene rings is 1. The summed E-state index contributed by atoms with van der Waals surface area (Å²) in [4.78, 5) is 10.4. The molecule has 1 aromatic rings. The van der Waals surface area contributed by atoms with Crippen LogP contribution in [0.25, 0.3) is 0 Å². The van der Waals surface area contributed by atoms with Crippen molar-refractivity contribution in [3.8, 4) is 12.3 Å². The maximum Gasteiger partial charge on any atom is 0.336 e. The lowest BCUT2D eigenvalue weighted by molar-refractivity contribution is 0.0696. The Morgan fingerprint density at radius 2 is 2.45 bits per heavy atom. The van der Waals surface area contributed by atoms with Gasteiger partial charge in [0.25, 0.3) is 0 Å². The van der Waals surface area contributed by atoms with Crippen LogP contribution in [0, 0.1) is 18.4 Å². The average molecular weight is 145 g/mol. The lowest BCUT2D eigenvalue weighted by Gasteiger charge is -1.92. The van der Waals surface area contributed by atoms with E-state index in [4.69, 9.17) is 11.5 Å². The molecule has 2 heteroatoms. The van der Waals surface area contributed by atoms with E-state index in [2.05, 4.69) is 12.0 Å². The van der Waals surface area contributed by atoms with Gasteiger partial charge in [-0.05, 0) is 18.2 Å². The molecule has 1 radical (unpaired) electrons. The van der Waals surface area contributed by atoms with Gasteiger partial charge in [0, 0.05) is 5.56 Å². The second-order valence-electron chi connectivity index (χ2n) is 1.94. The van der Waals surface area contributed by atoms with Gasteiger partial charge in [0.05, 0.1) is 5.56 Å². The summed E-state index contributed by atoms with van der Waals surface area (Å²) < 4.78 is 0. The number of carboxylic acid groups (broad SMARTS) is 1. The molecule has 0 spiro atoms. The minimum atomic E-state index is -1.01. The molecule has 11 heavy (non-hydrogen) atoms. The van der Waals surface area contributed by atoms with Crippen LogP contribution in [-0.4, -0.2) is 11.1 Å². The summed E-state index contributed by atoms with van der Waals surface area (Å²) in [5, 5.41) is 8.50. The Kier molecular flexibility index (Phi) is 1.93. The number of terminal acetylenes is 1. The summed E-state index contributed by atoms with van der Waals surface area (Å²) in [6.07, 6.45) is 5.06. The smallest absolute Gasteiger partial charge is 0.336 e. The zero-order valence-corrected chi connectivity index (χ0v) is 5.66. The van der Waals surface area contributed by atoms with Gasteiger partial charge in [0.1, 0.15) is 0 Å². The van der Waals surface area contributed by atoms with Gasteiger partial charge in [-0.25, -0.2) is 4.79 Å². The van der Waals surface area contributed by atoms with E-state index in [0.29, 0.717) is 5.56 Å². The van der Waals surface area contributed by atoms with Gasteiger partial charge in [0.15, 0.2) is 0 Å². The maximum atomic E-state index is 10.4. The first kappa shape index (κ1) is 7.36. The predicted octanol–water partition coefficient (Wildman–Crippen LogP) is 1.17. The Labute approximate surface area is 64.5 Å². The van der Waals surface area contributed by atoms with E-state index in [1.165, 1.54) is 12.1 Å². The summed E-state index contributed by atoms with van der Waals surface area (Å²) in [6, 6.07) is 7.08. The summed E-state index contributed by atoms with van der Waals surface area (Å²) in [7, 11) is 0. The molecule has 0 saturated carbocycles. The highest BCUT2D eigenvalue weighted by Gasteiger charge is 2.01. The van der Waals surface area contributed by atoms with Crippen molar-refractivity contribution in [2.75, 3.05) is 0 Å². The standard InChI is InChI=1S/C9H5O2/c1-2-7-4-3-5-8(6-7)9(10)11/h1,3-4,6H,(H,10,11). The molecule has 2 nitrogen and oxygen atoms in total. The van der Waals surface area contributed by atoms with E-state index in [-0.39, 0.29) is 5.56 Å². The number of rotatable bonds is 1. The Morgan fingerprint density at radius 1 is 1.73 bits per heavy atom. The van der Waals surface area contributed by atoms with Gasteiger partial charge in [-0.15, -0.1) is 6.42 Å². The van der Waals surface area contributed by atoms with Crippen LogP contribution >= 0.6 is 0 Å². The summed E-state index contributed by atoms with van der Waals surface area (Å²) >= 11 is 0. The highest BCUT2D eigenvalue weighted by molar-refractivity contribution is 5.87. The molecule has 1 N–H and O–H groups in total. The molecule has 0 aliphatic carbocycles. The molecule has 0 bridgehead atoms. The normalized spacial score (nSPS) is 8.64. The third-order valence-electron chi connectivity index (χ3n) is 1.20. The monoisotopic (exact) mass is 145 g/mol. The minimum absolute atomic E-state index is 0.0976. The molecule has 1 rings (SSSR count). The highest BCUT2D eigenvalue weighted by atomic mass is 16.4. The SMILES string of the molecule is C#Cc1cc[c]c(C(=O)O)c1. The Morgan fingerprint density at radius 3 is 3.00 bits per heavy atom. The van der Waals surface area contributed by atoms with Crippen molar-refractivity contribution in [1.29, 1.82) is 0 Å². The first-order valence-electron chi connectivity index (χ1n) is 2.95. The topological polar surface area (TPSA) is 37.3 Å². The molecule has 0 atom stereocenters. The molecular weight excluding hydrogens is 140 g/mol. The lowest BCUT2D eigenvalue weighted by Crippen LogP contribution is -1.95. The van der Waals surface area contributed by atoms with E-state index in [9.17, 15) is 4.79 Å². The van der Waals surface area contributed by atoms with Crippen LogP contribution in [0.1, 0.15) is 15.9 Å². The predicted molar refractivity (Wildman–Crippen MR) is 40.2 cm³/mol. The third-order valence-corrected chi connectivity index (χ3v) is 1.20. The van der Waals surface area contributed by atoms with Gasteiger partial charge in [-0.1, -0.05) is 12.0 Å². The van der Waals surface area contributed by atoms with Crippen LogP contribution in [0.4, 0.5) is 0 Å². The van der Waals surface area contributed by atoms with Crippen molar-refractivity contribution < 1.29 is 9.90 Å². The second-order valence-corrected chi connectivity index (χ2v) is 1.94. The van der Waals surface area contributed by atoms with Gasteiger partial charge in [0.2, 0.25) is 0 Å². The quantitative estimate of drug-likeness (QED) is 0.602. The molecular formula is C9H5O2. The van der Waals surface area contributed by atoms with Gasteiger partial charge in [-0.3, -0.25) is 0 Å². The van der Waals surface area contributed by atoms with Gasteiger partial charge in [-0.2, -0.15) is 0 Å². The van der Waals surface area contributed by atoms with Crippen molar-refractivity contribution in [1.82, 2.24) is 0 Å². The van der Waals surface area contributed by atoms with Crippen molar-refractivity contribution in [3.63, 3.8) is 0 Å². The molecule has 53 valence electrons. The molecule has 0 fully saturated rings. The van der Waals surface area contributed by atoms with Crippen molar-refractivity contribution in [2.24, 2.45) is 0 Å². The summed E-state index contributed by atoms with van der Waals surface area (Å²) in [6.45, 7) is 0. The van der Waals surface area contributed by atoms with E-state index in [1.807, 2.05) is 0 Å². The van der Waals surface area contributed by atoms with Crippen LogP contribution in [0.2, 0.25) is 0 Å². The number of aromatic carboxylic acids is 1. The molecule has 0 aromatic heterocycles. The fourth-order valence-corrected chi connectivity index (χ4v) is 0.680. The van der Waals surface area contributed by atoms with Crippen LogP contribution in [0.5, 0.6) is 0 Å². The fraction of sp³-hybridized carbons (Fsp3) is 0. The number of carbonyl (C=O) groups is 1. The van der Waals surface area contributed by atoms with E-state index < -0.39 is 5.97 Å². The molecule has 1 aromatic carbocycles. The Hall–Kier alpha value is -1.75. The van der Waals surface area contributed by atoms with Crippen molar-refractivity contribution in [2.45, 2.75) is 0 Å². The first-order chi connectivity index (χ1) is 5.24. The Bertz CT molecular complexity index is 321. The van der Waals surface area contributed by atoms with Crippen LogP contribution in [-0.2, 0) is 0 Å². The lowest BCUT2D eigenvalue weighted by atomic mass is 10.1.